The van der Waals surface area contributed by atoms with Gasteiger partial charge in [0.1, 0.15) is 0 Å². The van der Waals surface area contributed by atoms with Crippen molar-refractivity contribution < 1.29 is 81.5 Å². The van der Waals surface area contributed by atoms with Crippen LogP contribution in [-0.4, -0.2) is 0 Å². The molecule has 0 fully saturated rings. The molecule has 0 radical (unpaired) electrons. The fourth-order valence-corrected chi connectivity index (χ4v) is 0. The van der Waals surface area contributed by atoms with Gasteiger partial charge in [0.05, 0.1) is 0 Å². The quantitative estimate of drug-likeness (QED) is 0.431. The summed E-state index contributed by atoms with van der Waals surface area (Å²) in [6.07, 6.45) is 0. The molecular weight excluding hydrogens is 292 g/mol. The van der Waals surface area contributed by atoms with Gasteiger partial charge in [0.25, 0.3) is 0 Å². The first-order chi connectivity index (χ1) is 0. The Morgan fingerprint density at radius 3 is 0.429 bits per heavy atom. The summed E-state index contributed by atoms with van der Waals surface area (Å²) < 4.78 is 0. The maximum atomic E-state index is 0. The van der Waals surface area contributed by atoms with Crippen LogP contribution in [0.3, 0.4) is 0 Å². The van der Waals surface area contributed by atoms with Crippen LogP contribution in [-0.2, 0) is 19.5 Å². The van der Waals surface area contributed by atoms with Gasteiger partial charge in [-0.3, -0.25) is 0 Å². The number of hydrogen-bond acceptors (Lipinski definition) is 0. The molecule has 0 heterocycles. The standard InChI is InChI=1S/5ClH.H3N.Ru/h5*1H;1H3;/q;;;;;;+4/p-4. The van der Waals surface area contributed by atoms with Crippen LogP contribution < -0.4 is 68.2 Å². The smallest absolute Gasteiger partial charge is 1.00 e. The van der Waals surface area contributed by atoms with Crippen LogP contribution in [0, 0.1) is 0 Å². The molecule has 1 nitrogen and oxygen atoms in total. The van der Waals surface area contributed by atoms with E-state index in [1.165, 1.54) is 0 Å². The van der Waals surface area contributed by atoms with Gasteiger partial charge in [0, 0.05) is 0 Å². The average molecular weight is 296 g/mol. The van der Waals surface area contributed by atoms with Gasteiger partial charge in [-0.05, 0) is 0 Å². The number of rotatable bonds is 0. The van der Waals surface area contributed by atoms with Crippen molar-refractivity contribution in [1.82, 2.24) is 6.15 Å². The maximum Gasteiger partial charge on any atom is 4.00 e. The Kier molecular flexibility index (Phi) is 1940. The van der Waals surface area contributed by atoms with Crippen molar-refractivity contribution in [2.45, 2.75) is 0 Å². The molecule has 4 N–H and O–H groups in total. The molecule has 0 aliphatic carbocycles. The van der Waals surface area contributed by atoms with Crippen LogP contribution >= 0.6 is 0 Å². The minimum absolute atomic E-state index is 0. The van der Waals surface area contributed by atoms with Crippen molar-refractivity contribution in [3.05, 3.63) is 0 Å². The first kappa shape index (κ1) is 141. The van der Waals surface area contributed by atoms with E-state index in [4.69, 9.17) is 0 Å². The molecule has 0 amide bonds. The number of hydrogen-bond donors (Lipinski definition) is 1. The third-order valence-electron chi connectivity index (χ3n) is 0. The summed E-state index contributed by atoms with van der Waals surface area (Å²) in [7, 11) is 0. The van der Waals surface area contributed by atoms with E-state index in [2.05, 4.69) is 0 Å². The van der Waals surface area contributed by atoms with Crippen molar-refractivity contribution in [2.75, 3.05) is 0 Å². The molecule has 0 aromatic heterocycles. The Labute approximate surface area is 87.2 Å². The van der Waals surface area contributed by atoms with Gasteiger partial charge in [0.2, 0.25) is 0 Å². The molecule has 0 saturated carbocycles. The predicted molar refractivity (Wildman–Crippen MR) is 5.98 cm³/mol. The van der Waals surface area contributed by atoms with Gasteiger partial charge in [-0.2, -0.15) is 0 Å². The summed E-state index contributed by atoms with van der Waals surface area (Å²) in [6, 6.07) is 0. The molecule has 0 aliphatic rings. The van der Waals surface area contributed by atoms with Gasteiger partial charge >= 0.3 is 19.5 Å². The van der Waals surface area contributed by atoms with Crippen LogP contribution in [0.25, 0.3) is 0 Å². The molecule has 0 spiro atoms. The van der Waals surface area contributed by atoms with E-state index in [1.807, 2.05) is 0 Å². The van der Waals surface area contributed by atoms with E-state index in [1.54, 1.807) is 0 Å². The van der Waals surface area contributed by atoms with Crippen LogP contribution in [0.2, 0.25) is 0 Å². The molecule has 0 bridgehead atoms. The first-order valence-electron chi connectivity index (χ1n) is 0. The van der Waals surface area contributed by atoms with Crippen molar-refractivity contribution in [2.24, 2.45) is 0 Å². The van der Waals surface area contributed by atoms with E-state index in [0.717, 1.165) is 0 Å². The van der Waals surface area contributed by atoms with Crippen LogP contribution in [0.15, 0.2) is 0 Å². The molecule has 52 valence electrons. The van der Waals surface area contributed by atoms with Gasteiger partial charge < -0.3 is 68.2 Å². The molecule has 0 rings (SSSR count). The second-order valence-corrected chi connectivity index (χ2v) is 0. The monoisotopic (exact) mass is 295 g/mol. The van der Waals surface area contributed by atoms with E-state index in [-0.39, 0.29) is 87.7 Å². The van der Waals surface area contributed by atoms with Gasteiger partial charge in [-0.1, -0.05) is 0 Å². The molecule has 7 heteroatoms. The number of halogens is 5. The van der Waals surface area contributed by atoms with Crippen LogP contribution in [0.4, 0.5) is 0 Å². The fraction of sp³-hybridized carbons (Fsp3) is 0. The summed E-state index contributed by atoms with van der Waals surface area (Å²) in [5.74, 6) is 0. The number of quaternary nitrogens is 1. The molecular formula is H4Cl5NRu. The SMILES string of the molecule is [Cl-].[Cl-].[Cl-].[Cl-].[Cl-].[NH4+].[Ru+4]. The summed E-state index contributed by atoms with van der Waals surface area (Å²) in [6.45, 7) is 0. The Morgan fingerprint density at radius 2 is 0.429 bits per heavy atom. The molecule has 0 aliphatic heterocycles. The molecule has 0 aromatic carbocycles. The van der Waals surface area contributed by atoms with Crippen LogP contribution in [0.1, 0.15) is 0 Å². The van der Waals surface area contributed by atoms with E-state index < -0.39 is 0 Å². The van der Waals surface area contributed by atoms with E-state index in [0.29, 0.717) is 0 Å². The average Bonchev–Trinajstić information content (AvgIpc) is 0. The normalized spacial score (nSPS) is 0. The minimum atomic E-state index is 0. The molecule has 0 aromatic rings. The third-order valence-corrected chi connectivity index (χ3v) is 0. The Morgan fingerprint density at radius 1 is 0.429 bits per heavy atom. The zero-order chi connectivity index (χ0) is 0. The predicted octanol–water partition coefficient (Wildman–Crippen LogP) is -14.6. The second-order valence-electron chi connectivity index (χ2n) is 0. The zero-order valence-corrected chi connectivity index (χ0v) is 8.76. The van der Waals surface area contributed by atoms with E-state index in [9.17, 15) is 0 Å². The van der Waals surface area contributed by atoms with Gasteiger partial charge in [-0.15, -0.1) is 0 Å². The largest absolute Gasteiger partial charge is 4.00 e. The molecule has 0 unspecified atom stereocenters. The van der Waals surface area contributed by atoms with Crippen molar-refractivity contribution >= 4 is 0 Å². The second kappa shape index (κ2) is 96.1. The Bertz CT molecular complexity index is 8.04. The Hall–Kier alpha value is 2.03. The summed E-state index contributed by atoms with van der Waals surface area (Å²) in [4.78, 5) is 0. The van der Waals surface area contributed by atoms with Crippen LogP contribution in [0.5, 0.6) is 0 Å². The molecule has 0 saturated heterocycles. The topological polar surface area (TPSA) is 36.5 Å². The molecule has 7 heavy (non-hydrogen) atoms. The zero-order valence-electron chi connectivity index (χ0n) is 3.24. The van der Waals surface area contributed by atoms with Gasteiger partial charge in [-0.25, -0.2) is 0 Å². The third kappa shape index (κ3) is 70.7. The summed E-state index contributed by atoms with van der Waals surface area (Å²) in [5, 5.41) is 0. The van der Waals surface area contributed by atoms with Crippen molar-refractivity contribution in [3.8, 4) is 0 Å². The molecule has 0 atom stereocenters. The Balaban J connectivity index is 0. The summed E-state index contributed by atoms with van der Waals surface area (Å²) in [5.41, 5.74) is 0. The summed E-state index contributed by atoms with van der Waals surface area (Å²) >= 11 is 0. The minimum Gasteiger partial charge on any atom is -1.00 e. The van der Waals surface area contributed by atoms with Crippen molar-refractivity contribution in [3.63, 3.8) is 0 Å². The maximum absolute atomic E-state index is 0. The first-order valence-corrected chi connectivity index (χ1v) is 0. The van der Waals surface area contributed by atoms with E-state index >= 15 is 0 Å². The van der Waals surface area contributed by atoms with Crippen molar-refractivity contribution in [1.29, 1.82) is 0 Å². The van der Waals surface area contributed by atoms with Gasteiger partial charge in [0.15, 0.2) is 0 Å². The fourth-order valence-electron chi connectivity index (χ4n) is 0.